The Hall–Kier alpha value is -3.77. The number of amides is 2. The second-order valence-electron chi connectivity index (χ2n) is 7.44. The van der Waals surface area contributed by atoms with Crippen molar-refractivity contribution in [3.05, 3.63) is 101 Å². The van der Waals surface area contributed by atoms with Crippen molar-refractivity contribution in [1.82, 2.24) is 9.69 Å². The molecule has 1 atom stereocenters. The normalized spacial score (nSPS) is 14.9. The largest absolute Gasteiger partial charge is 0.341 e. The van der Waals surface area contributed by atoms with Gasteiger partial charge in [-0.25, -0.2) is 0 Å². The van der Waals surface area contributed by atoms with E-state index in [2.05, 4.69) is 21.6 Å². The van der Waals surface area contributed by atoms with Gasteiger partial charge in [0.1, 0.15) is 5.69 Å². The molecule has 0 spiro atoms. The number of anilines is 1. The Balaban J connectivity index is 1.62. The van der Waals surface area contributed by atoms with Crippen LogP contribution in [0.2, 0.25) is 0 Å². The Labute approximate surface area is 183 Å². The van der Waals surface area contributed by atoms with Crippen LogP contribution in [0.15, 0.2) is 67.2 Å². The molecular formula is C25H19N3O2S. The summed E-state index contributed by atoms with van der Waals surface area (Å²) in [5.74, 6) is -0.470. The van der Waals surface area contributed by atoms with Gasteiger partial charge in [0.25, 0.3) is 11.8 Å². The third-order valence-corrected chi connectivity index (χ3v) is 6.46. The summed E-state index contributed by atoms with van der Waals surface area (Å²) in [6.07, 6.45) is 1.66. The summed E-state index contributed by atoms with van der Waals surface area (Å²) in [4.78, 5) is 26.0. The molecule has 4 aromatic rings. The lowest BCUT2D eigenvalue weighted by atomic mass is 9.91. The average Bonchev–Trinajstić information content (AvgIpc) is 3.36. The number of hydrogen-bond acceptors (Lipinski definition) is 4. The van der Waals surface area contributed by atoms with Crippen molar-refractivity contribution in [1.29, 1.82) is 0 Å². The van der Waals surface area contributed by atoms with E-state index in [9.17, 15) is 9.59 Å². The molecule has 1 aromatic heterocycles. The number of nitrogens with one attached hydrogen (secondary N) is 2. The highest BCUT2D eigenvalue weighted by Gasteiger charge is 2.35. The Morgan fingerprint density at radius 1 is 1.13 bits per heavy atom. The van der Waals surface area contributed by atoms with Crippen LogP contribution in [0.4, 0.5) is 5.69 Å². The Morgan fingerprint density at radius 2 is 1.90 bits per heavy atom. The predicted octanol–water partition coefficient (Wildman–Crippen LogP) is 5.33. The van der Waals surface area contributed by atoms with Crippen LogP contribution >= 0.6 is 11.5 Å². The van der Waals surface area contributed by atoms with Gasteiger partial charge in [0.2, 0.25) is 0 Å². The van der Waals surface area contributed by atoms with Gasteiger partial charge in [0.15, 0.2) is 0 Å². The minimum atomic E-state index is -0.355. The monoisotopic (exact) mass is 425 g/mol. The maximum absolute atomic E-state index is 13.1. The third-order valence-electron chi connectivity index (χ3n) is 5.63. The predicted molar refractivity (Wildman–Crippen MR) is 125 cm³/mol. The molecule has 6 heteroatoms. The molecule has 1 aliphatic rings. The molecule has 0 bridgehead atoms. The highest BCUT2D eigenvalue weighted by atomic mass is 32.1. The van der Waals surface area contributed by atoms with E-state index in [0.717, 1.165) is 32.3 Å². The quantitative estimate of drug-likeness (QED) is 0.464. The molecule has 0 saturated carbocycles. The highest BCUT2D eigenvalue weighted by Crippen LogP contribution is 2.39. The van der Waals surface area contributed by atoms with Crippen molar-refractivity contribution in [2.24, 2.45) is 0 Å². The summed E-state index contributed by atoms with van der Waals surface area (Å²) >= 11 is 1.29. The first kappa shape index (κ1) is 19.2. The maximum atomic E-state index is 13.1. The lowest BCUT2D eigenvalue weighted by molar-refractivity contribution is 0.0959. The van der Waals surface area contributed by atoms with E-state index >= 15 is 0 Å². The number of carbonyl (C=O) groups excluding carboxylic acids is 2. The van der Waals surface area contributed by atoms with Crippen LogP contribution in [0, 0.1) is 6.92 Å². The standard InChI is InChI=1S/C25H19N3O2S/c1-3-15-12-13-18(26-25(30)23-17-10-6-7-11-19(17)31-28-23)21-20(15)24(29)27-22(21)16-9-5-4-8-14(16)2/h3-13,22H,1H2,2H3,(H,26,30)(H,27,29). The molecular weight excluding hydrogens is 406 g/mol. The van der Waals surface area contributed by atoms with E-state index in [1.807, 2.05) is 61.5 Å². The van der Waals surface area contributed by atoms with Gasteiger partial charge >= 0.3 is 0 Å². The first-order valence-electron chi connectivity index (χ1n) is 9.90. The SMILES string of the molecule is C=Cc1ccc(NC(=O)c2nsc3ccccc23)c2c1C(=O)NC2c1ccccc1C. The molecule has 0 aliphatic carbocycles. The second kappa shape index (κ2) is 7.49. The van der Waals surface area contributed by atoms with Crippen LogP contribution < -0.4 is 10.6 Å². The van der Waals surface area contributed by atoms with Gasteiger partial charge in [-0.05, 0) is 47.3 Å². The van der Waals surface area contributed by atoms with E-state index < -0.39 is 0 Å². The zero-order valence-electron chi connectivity index (χ0n) is 16.8. The summed E-state index contributed by atoms with van der Waals surface area (Å²) in [7, 11) is 0. The van der Waals surface area contributed by atoms with E-state index in [1.165, 1.54) is 11.5 Å². The number of nitrogens with zero attached hydrogens (tertiary/aromatic N) is 1. The minimum Gasteiger partial charge on any atom is -0.341 e. The van der Waals surface area contributed by atoms with Crippen LogP contribution in [0.5, 0.6) is 0 Å². The van der Waals surface area contributed by atoms with Gasteiger partial charge in [-0.1, -0.05) is 61.2 Å². The van der Waals surface area contributed by atoms with Crippen molar-refractivity contribution in [3.8, 4) is 0 Å². The van der Waals surface area contributed by atoms with E-state index in [1.54, 1.807) is 12.1 Å². The van der Waals surface area contributed by atoms with Crippen LogP contribution in [-0.4, -0.2) is 16.2 Å². The number of benzene rings is 3. The number of fused-ring (bicyclic) bond motifs is 2. The van der Waals surface area contributed by atoms with E-state index in [-0.39, 0.29) is 17.9 Å². The Morgan fingerprint density at radius 3 is 2.71 bits per heavy atom. The average molecular weight is 426 g/mol. The second-order valence-corrected chi connectivity index (χ2v) is 8.24. The summed E-state index contributed by atoms with van der Waals surface area (Å²) in [6, 6.07) is 18.8. The van der Waals surface area contributed by atoms with Crippen LogP contribution in [0.1, 0.15) is 49.1 Å². The molecule has 2 N–H and O–H groups in total. The molecule has 31 heavy (non-hydrogen) atoms. The molecule has 0 radical (unpaired) electrons. The topological polar surface area (TPSA) is 71.1 Å². The van der Waals surface area contributed by atoms with Gasteiger partial charge in [-0.2, -0.15) is 4.37 Å². The molecule has 0 fully saturated rings. The Bertz CT molecular complexity index is 1370. The zero-order chi connectivity index (χ0) is 21.5. The fourth-order valence-corrected chi connectivity index (χ4v) is 4.89. The molecule has 0 saturated heterocycles. The zero-order valence-corrected chi connectivity index (χ0v) is 17.6. The number of aryl methyl sites for hydroxylation is 1. The highest BCUT2D eigenvalue weighted by molar-refractivity contribution is 7.13. The molecule has 2 amide bonds. The number of aromatic nitrogens is 1. The fraction of sp³-hybridized carbons (Fsp3) is 0.0800. The molecule has 152 valence electrons. The van der Waals surface area contributed by atoms with E-state index in [4.69, 9.17) is 0 Å². The van der Waals surface area contributed by atoms with Crippen molar-refractivity contribution < 1.29 is 9.59 Å². The van der Waals surface area contributed by atoms with Crippen molar-refractivity contribution in [3.63, 3.8) is 0 Å². The van der Waals surface area contributed by atoms with Crippen LogP contribution in [-0.2, 0) is 0 Å². The summed E-state index contributed by atoms with van der Waals surface area (Å²) < 4.78 is 5.31. The first-order chi connectivity index (χ1) is 15.1. The van der Waals surface area contributed by atoms with Crippen molar-refractivity contribution >= 4 is 45.2 Å². The molecule has 3 aromatic carbocycles. The van der Waals surface area contributed by atoms with Gasteiger partial charge in [0.05, 0.1) is 16.3 Å². The number of rotatable bonds is 4. The molecule has 5 nitrogen and oxygen atoms in total. The molecule has 5 rings (SSSR count). The van der Waals surface area contributed by atoms with Crippen LogP contribution in [0.3, 0.4) is 0 Å². The lowest BCUT2D eigenvalue weighted by Gasteiger charge is -2.18. The van der Waals surface area contributed by atoms with Gasteiger partial charge in [-0.3, -0.25) is 9.59 Å². The minimum absolute atomic E-state index is 0.173. The Kier molecular flexibility index (Phi) is 4.64. The summed E-state index contributed by atoms with van der Waals surface area (Å²) in [6.45, 7) is 5.86. The van der Waals surface area contributed by atoms with Gasteiger partial charge < -0.3 is 10.6 Å². The summed E-state index contributed by atoms with van der Waals surface area (Å²) in [5, 5.41) is 6.90. The first-order valence-corrected chi connectivity index (χ1v) is 10.7. The smallest absolute Gasteiger partial charge is 0.276 e. The van der Waals surface area contributed by atoms with Gasteiger partial charge in [0, 0.05) is 16.6 Å². The third kappa shape index (κ3) is 3.12. The number of hydrogen-bond donors (Lipinski definition) is 2. The molecule has 2 heterocycles. The number of carbonyl (C=O) groups is 2. The van der Waals surface area contributed by atoms with Crippen molar-refractivity contribution in [2.75, 3.05) is 5.32 Å². The van der Waals surface area contributed by atoms with Crippen LogP contribution in [0.25, 0.3) is 16.2 Å². The van der Waals surface area contributed by atoms with Gasteiger partial charge in [-0.15, -0.1) is 0 Å². The van der Waals surface area contributed by atoms with E-state index in [0.29, 0.717) is 16.9 Å². The molecule has 1 unspecified atom stereocenters. The fourth-order valence-electron chi connectivity index (χ4n) is 4.12. The lowest BCUT2D eigenvalue weighted by Crippen LogP contribution is -2.21. The van der Waals surface area contributed by atoms with Crippen molar-refractivity contribution in [2.45, 2.75) is 13.0 Å². The summed E-state index contributed by atoms with van der Waals surface area (Å²) in [5.41, 5.74) is 5.06. The molecule has 1 aliphatic heterocycles. The maximum Gasteiger partial charge on any atom is 0.276 e.